The quantitative estimate of drug-likeness (QED) is 0.218. The average Bonchev–Trinajstić information content (AvgIpc) is 3.49. The molecule has 146 valence electrons. The molecule has 0 unspecified atom stereocenters. The molecule has 5 heteroatoms. The van der Waals surface area contributed by atoms with E-state index in [-0.39, 0.29) is 7.92 Å². The van der Waals surface area contributed by atoms with Gasteiger partial charge in [0.1, 0.15) is 0 Å². The molecule has 3 heterocycles. The Bertz CT molecular complexity index is 1010. The van der Waals surface area contributed by atoms with Crippen molar-refractivity contribution in [3.05, 3.63) is 92.8 Å². The van der Waals surface area contributed by atoms with E-state index in [9.17, 15) is 0 Å². The highest BCUT2D eigenvalue weighted by molar-refractivity contribution is 7.56. The number of hydrogen-bond acceptors (Lipinski definition) is 3. The van der Waals surface area contributed by atoms with Crippen LogP contribution in [0.2, 0.25) is 0 Å². The van der Waals surface area contributed by atoms with Crippen LogP contribution in [0.15, 0.2) is 76.8 Å². The molecule has 0 saturated carbocycles. The van der Waals surface area contributed by atoms with Crippen molar-refractivity contribution in [1.82, 2.24) is 0 Å². The maximum absolute atomic E-state index is 2.39. The lowest BCUT2D eigenvalue weighted by Gasteiger charge is -2.22. The van der Waals surface area contributed by atoms with E-state index in [1.807, 2.05) is 34.0 Å². The molecule has 0 saturated heterocycles. The van der Waals surface area contributed by atoms with E-state index >= 15 is 0 Å². The van der Waals surface area contributed by atoms with Crippen molar-refractivity contribution in [3.63, 3.8) is 0 Å². The van der Waals surface area contributed by atoms with Crippen LogP contribution >= 0.6 is 41.9 Å². The molecule has 0 N–H and O–H groups in total. The van der Waals surface area contributed by atoms with E-state index < -0.39 is 0 Å². The SMILES string of the molecule is Cc1ccc(/C(CP(C)C)=C(/B(c2cccs2)c2cccs2)c2cccs2)cc1. The Labute approximate surface area is 187 Å². The van der Waals surface area contributed by atoms with Gasteiger partial charge in [0.15, 0.2) is 0 Å². The second-order valence-electron chi connectivity index (χ2n) is 7.44. The summed E-state index contributed by atoms with van der Waals surface area (Å²) < 4.78 is 2.86. The zero-order valence-corrected chi connectivity index (χ0v) is 20.3. The molecule has 0 aliphatic carbocycles. The first-order valence-corrected chi connectivity index (χ1v) is 14.7. The van der Waals surface area contributed by atoms with Crippen LogP contribution in [0.25, 0.3) is 11.0 Å². The molecule has 0 fully saturated rings. The van der Waals surface area contributed by atoms with E-state index in [0.29, 0.717) is 6.71 Å². The van der Waals surface area contributed by atoms with Crippen LogP contribution in [0.1, 0.15) is 16.0 Å². The van der Waals surface area contributed by atoms with Crippen molar-refractivity contribution in [1.29, 1.82) is 0 Å². The van der Waals surface area contributed by atoms with E-state index in [2.05, 4.69) is 97.1 Å². The number of allylic oxidation sites excluding steroid dienone is 1. The molecule has 0 amide bonds. The van der Waals surface area contributed by atoms with E-state index in [4.69, 9.17) is 0 Å². The van der Waals surface area contributed by atoms with Crippen LogP contribution in [0.3, 0.4) is 0 Å². The predicted octanol–water partition coefficient (Wildman–Crippen LogP) is 6.68. The first kappa shape index (κ1) is 20.8. The fourth-order valence-electron chi connectivity index (χ4n) is 3.64. The first-order valence-electron chi connectivity index (χ1n) is 9.69. The molecular weight excluding hydrogens is 426 g/mol. The lowest BCUT2D eigenvalue weighted by Crippen LogP contribution is -2.40. The zero-order valence-electron chi connectivity index (χ0n) is 17.0. The molecule has 0 radical (unpaired) electrons. The third-order valence-electron chi connectivity index (χ3n) is 4.93. The van der Waals surface area contributed by atoms with Crippen molar-refractivity contribution < 1.29 is 0 Å². The van der Waals surface area contributed by atoms with E-state index in [1.165, 1.54) is 36.6 Å². The molecule has 0 atom stereocenters. The Morgan fingerprint density at radius 2 is 1.38 bits per heavy atom. The highest BCUT2D eigenvalue weighted by atomic mass is 32.1. The number of thiophene rings is 3. The molecule has 3 aromatic heterocycles. The minimum Gasteiger partial charge on any atom is -0.158 e. The maximum Gasteiger partial charge on any atom is 0.268 e. The summed E-state index contributed by atoms with van der Waals surface area (Å²) in [6, 6.07) is 22.6. The van der Waals surface area contributed by atoms with Crippen molar-refractivity contribution in [2.24, 2.45) is 0 Å². The van der Waals surface area contributed by atoms with Crippen LogP contribution in [0.5, 0.6) is 0 Å². The van der Waals surface area contributed by atoms with Gasteiger partial charge in [0.25, 0.3) is 6.71 Å². The third kappa shape index (κ3) is 4.83. The summed E-state index contributed by atoms with van der Waals surface area (Å²) >= 11 is 5.61. The Morgan fingerprint density at radius 3 is 1.86 bits per heavy atom. The number of rotatable bonds is 7. The number of hydrogen-bond donors (Lipinski definition) is 0. The van der Waals surface area contributed by atoms with Gasteiger partial charge in [0.05, 0.1) is 0 Å². The molecule has 0 aliphatic rings. The van der Waals surface area contributed by atoms with Gasteiger partial charge in [-0.1, -0.05) is 60.2 Å². The highest BCUT2D eigenvalue weighted by Crippen LogP contribution is 2.39. The highest BCUT2D eigenvalue weighted by Gasteiger charge is 2.31. The monoisotopic (exact) mass is 450 g/mol. The molecule has 0 spiro atoms. The van der Waals surface area contributed by atoms with E-state index in [1.54, 1.807) is 0 Å². The minimum atomic E-state index is -0.0656. The van der Waals surface area contributed by atoms with Gasteiger partial charge in [-0.05, 0) is 74.8 Å². The standard InChI is InChI=1S/C24H24BPS3/c1-18-10-12-19(13-11-18)20(17-26(2)3)24(21-7-4-14-27-21)25(22-8-5-15-28-22)23-9-6-16-29-23/h4-16H,17H2,1-3H3/b24-20+. The van der Waals surface area contributed by atoms with Gasteiger partial charge >= 0.3 is 0 Å². The molecule has 0 aliphatic heterocycles. The van der Waals surface area contributed by atoms with Crippen LogP contribution in [0.4, 0.5) is 0 Å². The summed E-state index contributed by atoms with van der Waals surface area (Å²) in [7, 11) is -0.0656. The van der Waals surface area contributed by atoms with Gasteiger partial charge in [-0.25, -0.2) is 0 Å². The molecule has 1 aromatic carbocycles. The Kier molecular flexibility index (Phi) is 6.87. The van der Waals surface area contributed by atoms with Gasteiger partial charge in [0, 0.05) is 4.88 Å². The summed E-state index contributed by atoms with van der Waals surface area (Å²) in [5.74, 6) is 0. The van der Waals surface area contributed by atoms with Crippen LogP contribution in [-0.2, 0) is 0 Å². The van der Waals surface area contributed by atoms with E-state index in [0.717, 1.165) is 6.16 Å². The van der Waals surface area contributed by atoms with Crippen LogP contribution < -0.4 is 9.55 Å². The normalized spacial score (nSPS) is 12.3. The topological polar surface area (TPSA) is 0 Å². The largest absolute Gasteiger partial charge is 0.268 e. The van der Waals surface area contributed by atoms with Gasteiger partial charge in [-0.15, -0.1) is 19.3 Å². The summed E-state index contributed by atoms with van der Waals surface area (Å²) in [4.78, 5) is 1.39. The van der Waals surface area contributed by atoms with Crippen LogP contribution in [0, 0.1) is 6.92 Å². The molecule has 0 bridgehead atoms. The predicted molar refractivity (Wildman–Crippen MR) is 140 cm³/mol. The molecule has 0 nitrogen and oxygen atoms in total. The Balaban J connectivity index is 2.01. The fraction of sp³-hybridized carbons (Fsp3) is 0.167. The first-order chi connectivity index (χ1) is 14.1. The molecule has 29 heavy (non-hydrogen) atoms. The smallest absolute Gasteiger partial charge is 0.158 e. The van der Waals surface area contributed by atoms with Gasteiger partial charge in [-0.2, -0.15) is 22.7 Å². The second-order valence-corrected chi connectivity index (χ2v) is 12.8. The number of aryl methyl sites for hydroxylation is 1. The van der Waals surface area contributed by atoms with Gasteiger partial charge in [-0.3, -0.25) is 0 Å². The minimum absolute atomic E-state index is 0.0656. The molecule has 4 rings (SSSR count). The second kappa shape index (κ2) is 9.58. The van der Waals surface area contributed by atoms with Crippen LogP contribution in [-0.4, -0.2) is 26.2 Å². The van der Waals surface area contributed by atoms with Gasteiger partial charge in [0.2, 0.25) is 0 Å². The van der Waals surface area contributed by atoms with Crippen molar-refractivity contribution in [2.45, 2.75) is 6.92 Å². The van der Waals surface area contributed by atoms with Gasteiger partial charge < -0.3 is 0 Å². The summed E-state index contributed by atoms with van der Waals surface area (Å²) in [5, 5.41) is 6.63. The summed E-state index contributed by atoms with van der Waals surface area (Å²) in [6.07, 6.45) is 1.14. The van der Waals surface area contributed by atoms with Crippen molar-refractivity contribution in [3.8, 4) is 0 Å². The Hall–Kier alpha value is -1.45. The summed E-state index contributed by atoms with van der Waals surface area (Å²) in [5.41, 5.74) is 5.68. The lowest BCUT2D eigenvalue weighted by atomic mass is 9.41. The molecular formula is C24H24BPS3. The van der Waals surface area contributed by atoms with Crippen molar-refractivity contribution in [2.75, 3.05) is 19.5 Å². The molecule has 4 aromatic rings. The third-order valence-corrected chi connectivity index (χ3v) is 8.66. The zero-order chi connectivity index (χ0) is 20.2. The fourth-order valence-corrected chi connectivity index (χ4v) is 7.23. The van der Waals surface area contributed by atoms with Crippen molar-refractivity contribution >= 4 is 69.2 Å². The Morgan fingerprint density at radius 1 is 0.793 bits per heavy atom. The maximum atomic E-state index is 2.39. The number of benzene rings is 1. The average molecular weight is 450 g/mol. The lowest BCUT2D eigenvalue weighted by molar-refractivity contribution is 1.45. The summed E-state index contributed by atoms with van der Waals surface area (Å²) in [6.45, 7) is 7.24.